The Morgan fingerprint density at radius 2 is 2.21 bits per heavy atom. The number of carbonyl (C=O) groups is 1. The van der Waals surface area contributed by atoms with E-state index < -0.39 is 0 Å². The second-order valence-corrected chi connectivity index (χ2v) is 6.39. The molecule has 0 N–H and O–H groups in total. The number of nitrogens with zero attached hydrogens (tertiary/aromatic N) is 4. The molecule has 0 bridgehead atoms. The molecule has 0 spiro atoms. The molecule has 1 saturated heterocycles. The van der Waals surface area contributed by atoms with Crippen LogP contribution in [0.25, 0.3) is 0 Å². The van der Waals surface area contributed by atoms with Crippen molar-refractivity contribution < 1.29 is 14.3 Å². The standard InChI is InChI=1S/C16H17ClN4O3/c17-11-1-3-13(4-2-11)23-10-16(22)20-6-5-15-14(8-20)21-12(9-24-15)7-18-19-21/h1-4,7,14-15H,5-6,8-10H2. The number of hydrogen-bond donors (Lipinski definition) is 0. The summed E-state index contributed by atoms with van der Waals surface area (Å²) in [5.74, 6) is 0.581. The fourth-order valence-corrected chi connectivity index (χ4v) is 3.30. The number of piperidine rings is 1. The number of amides is 1. The van der Waals surface area contributed by atoms with E-state index in [1.807, 2.05) is 4.68 Å². The molecule has 0 radical (unpaired) electrons. The van der Waals surface area contributed by atoms with Crippen molar-refractivity contribution in [1.82, 2.24) is 19.9 Å². The summed E-state index contributed by atoms with van der Waals surface area (Å²) in [6, 6.07) is 6.98. The average molecular weight is 349 g/mol. The molecule has 2 atom stereocenters. The van der Waals surface area contributed by atoms with Crippen LogP contribution in [0.15, 0.2) is 30.5 Å². The van der Waals surface area contributed by atoms with Gasteiger partial charge in [-0.3, -0.25) is 4.79 Å². The minimum atomic E-state index is -0.0457. The second kappa shape index (κ2) is 6.41. The highest BCUT2D eigenvalue weighted by Gasteiger charge is 2.37. The lowest BCUT2D eigenvalue weighted by molar-refractivity contribution is -0.140. The molecule has 1 fully saturated rings. The van der Waals surface area contributed by atoms with Gasteiger partial charge in [0, 0.05) is 18.1 Å². The van der Waals surface area contributed by atoms with Crippen molar-refractivity contribution >= 4 is 17.5 Å². The van der Waals surface area contributed by atoms with E-state index in [0.717, 1.165) is 12.1 Å². The molecule has 2 unspecified atom stereocenters. The van der Waals surface area contributed by atoms with Crippen LogP contribution in [0.5, 0.6) is 5.75 Å². The molecule has 0 saturated carbocycles. The lowest BCUT2D eigenvalue weighted by atomic mass is 10.0. The van der Waals surface area contributed by atoms with Gasteiger partial charge < -0.3 is 14.4 Å². The Balaban J connectivity index is 1.39. The molecule has 2 aromatic rings. The van der Waals surface area contributed by atoms with Gasteiger partial charge in [0.15, 0.2) is 6.61 Å². The number of carbonyl (C=O) groups excluding carboxylic acids is 1. The van der Waals surface area contributed by atoms with Gasteiger partial charge in [0.25, 0.3) is 5.91 Å². The minimum absolute atomic E-state index is 0.00406. The average Bonchev–Trinajstić information content (AvgIpc) is 3.09. The van der Waals surface area contributed by atoms with Gasteiger partial charge in [0.1, 0.15) is 5.75 Å². The summed E-state index contributed by atoms with van der Waals surface area (Å²) in [6.45, 7) is 1.75. The Morgan fingerprint density at radius 3 is 3.04 bits per heavy atom. The van der Waals surface area contributed by atoms with Gasteiger partial charge in [-0.1, -0.05) is 16.8 Å². The molecular formula is C16H17ClN4O3. The Hall–Kier alpha value is -2.12. The Bertz CT molecular complexity index is 733. The van der Waals surface area contributed by atoms with Gasteiger partial charge in [0.2, 0.25) is 0 Å². The van der Waals surface area contributed by atoms with E-state index in [9.17, 15) is 4.79 Å². The molecule has 8 heteroatoms. The molecule has 126 valence electrons. The molecule has 1 aromatic heterocycles. The fraction of sp³-hybridized carbons (Fsp3) is 0.438. The highest BCUT2D eigenvalue weighted by molar-refractivity contribution is 6.30. The predicted molar refractivity (Wildman–Crippen MR) is 85.8 cm³/mol. The van der Waals surface area contributed by atoms with Crippen LogP contribution in [-0.4, -0.2) is 51.6 Å². The highest BCUT2D eigenvalue weighted by Crippen LogP contribution is 2.30. The molecule has 1 aromatic carbocycles. The summed E-state index contributed by atoms with van der Waals surface area (Å²) >= 11 is 5.84. The molecule has 7 nitrogen and oxygen atoms in total. The third-order valence-electron chi connectivity index (χ3n) is 4.46. The first-order valence-corrected chi connectivity index (χ1v) is 8.25. The van der Waals surface area contributed by atoms with Gasteiger partial charge in [-0.05, 0) is 30.7 Å². The van der Waals surface area contributed by atoms with Crippen molar-refractivity contribution in [1.29, 1.82) is 0 Å². The van der Waals surface area contributed by atoms with Crippen LogP contribution in [-0.2, 0) is 16.1 Å². The zero-order valence-electron chi connectivity index (χ0n) is 13.0. The summed E-state index contributed by atoms with van der Waals surface area (Å²) in [6.07, 6.45) is 2.58. The number of fused-ring (bicyclic) bond motifs is 3. The number of likely N-dealkylation sites (tertiary alicyclic amines) is 1. The maximum atomic E-state index is 12.5. The molecular weight excluding hydrogens is 332 g/mol. The van der Waals surface area contributed by atoms with Crippen molar-refractivity contribution in [3.63, 3.8) is 0 Å². The van der Waals surface area contributed by atoms with E-state index in [1.165, 1.54) is 0 Å². The Labute approximate surface area is 144 Å². The van der Waals surface area contributed by atoms with E-state index >= 15 is 0 Å². The molecule has 1 amide bonds. The number of halogens is 1. The van der Waals surface area contributed by atoms with Crippen molar-refractivity contribution in [3.05, 3.63) is 41.2 Å². The number of rotatable bonds is 3. The molecule has 2 aliphatic rings. The summed E-state index contributed by atoms with van der Waals surface area (Å²) in [5.41, 5.74) is 0.947. The maximum absolute atomic E-state index is 12.5. The molecule has 24 heavy (non-hydrogen) atoms. The predicted octanol–water partition coefficient (Wildman–Crippen LogP) is 1.68. The Morgan fingerprint density at radius 1 is 1.38 bits per heavy atom. The van der Waals surface area contributed by atoms with Crippen LogP contribution < -0.4 is 4.74 Å². The van der Waals surface area contributed by atoms with E-state index in [1.54, 1.807) is 35.4 Å². The largest absolute Gasteiger partial charge is 0.484 e. The van der Waals surface area contributed by atoms with Crippen molar-refractivity contribution in [2.75, 3.05) is 19.7 Å². The molecule has 2 aliphatic heterocycles. The number of benzene rings is 1. The van der Waals surface area contributed by atoms with Crippen LogP contribution in [0, 0.1) is 0 Å². The summed E-state index contributed by atoms with van der Waals surface area (Å²) in [5, 5.41) is 8.72. The van der Waals surface area contributed by atoms with Gasteiger partial charge >= 0.3 is 0 Å². The van der Waals surface area contributed by atoms with Crippen LogP contribution in [0.3, 0.4) is 0 Å². The van der Waals surface area contributed by atoms with Crippen LogP contribution in [0.4, 0.5) is 0 Å². The van der Waals surface area contributed by atoms with Crippen molar-refractivity contribution in [2.45, 2.75) is 25.2 Å². The minimum Gasteiger partial charge on any atom is -0.484 e. The van der Waals surface area contributed by atoms with Gasteiger partial charge in [0.05, 0.1) is 30.6 Å². The fourth-order valence-electron chi connectivity index (χ4n) is 3.17. The monoisotopic (exact) mass is 348 g/mol. The normalized spacial score (nSPS) is 22.6. The lowest BCUT2D eigenvalue weighted by Gasteiger charge is -2.40. The molecule has 3 heterocycles. The van der Waals surface area contributed by atoms with Gasteiger partial charge in [-0.25, -0.2) is 4.68 Å². The van der Waals surface area contributed by atoms with Crippen LogP contribution in [0.2, 0.25) is 5.02 Å². The number of aromatic nitrogens is 3. The topological polar surface area (TPSA) is 69.5 Å². The zero-order valence-corrected chi connectivity index (χ0v) is 13.7. The van der Waals surface area contributed by atoms with E-state index in [2.05, 4.69) is 10.3 Å². The van der Waals surface area contributed by atoms with Crippen LogP contribution >= 0.6 is 11.6 Å². The first kappa shape index (κ1) is 15.4. The first-order chi connectivity index (χ1) is 11.7. The maximum Gasteiger partial charge on any atom is 0.260 e. The third kappa shape index (κ3) is 2.97. The summed E-state index contributed by atoms with van der Waals surface area (Å²) < 4.78 is 13.3. The highest BCUT2D eigenvalue weighted by atomic mass is 35.5. The third-order valence-corrected chi connectivity index (χ3v) is 4.71. The van der Waals surface area contributed by atoms with Crippen molar-refractivity contribution in [3.8, 4) is 5.75 Å². The van der Waals surface area contributed by atoms with E-state index in [0.29, 0.717) is 30.5 Å². The molecule has 4 rings (SSSR count). The van der Waals surface area contributed by atoms with Gasteiger partial charge in [-0.2, -0.15) is 0 Å². The summed E-state index contributed by atoms with van der Waals surface area (Å²) in [4.78, 5) is 14.3. The smallest absolute Gasteiger partial charge is 0.260 e. The van der Waals surface area contributed by atoms with E-state index in [4.69, 9.17) is 21.1 Å². The van der Waals surface area contributed by atoms with Crippen LogP contribution in [0.1, 0.15) is 18.2 Å². The number of hydrogen-bond acceptors (Lipinski definition) is 5. The second-order valence-electron chi connectivity index (χ2n) is 5.96. The van der Waals surface area contributed by atoms with Gasteiger partial charge in [-0.15, -0.1) is 5.10 Å². The SMILES string of the molecule is O=C(COc1ccc(Cl)cc1)N1CCC2OCc3cnnn3C2C1. The quantitative estimate of drug-likeness (QED) is 0.844. The zero-order chi connectivity index (χ0) is 16.5. The van der Waals surface area contributed by atoms with E-state index in [-0.39, 0.29) is 24.7 Å². The summed E-state index contributed by atoms with van der Waals surface area (Å²) in [7, 11) is 0. The Kier molecular flexibility index (Phi) is 4.12. The first-order valence-electron chi connectivity index (χ1n) is 7.87. The molecule has 0 aliphatic carbocycles. The number of ether oxygens (including phenoxy) is 2. The van der Waals surface area contributed by atoms with Crippen molar-refractivity contribution in [2.24, 2.45) is 0 Å². The lowest BCUT2D eigenvalue weighted by Crippen LogP contribution is -2.50.